The Morgan fingerprint density at radius 2 is 1.85 bits per heavy atom. The third-order valence-electron chi connectivity index (χ3n) is 6.45. The van der Waals surface area contributed by atoms with Crippen LogP contribution >= 0.6 is 11.6 Å². The molecule has 6 nitrogen and oxygen atoms in total. The maximum atomic E-state index is 14.0. The Kier molecular flexibility index (Phi) is 7.68. The van der Waals surface area contributed by atoms with Gasteiger partial charge in [0.05, 0.1) is 19.4 Å². The third-order valence-corrected chi connectivity index (χ3v) is 6.70. The van der Waals surface area contributed by atoms with Crippen molar-refractivity contribution in [3.8, 4) is 0 Å². The molecule has 0 N–H and O–H groups in total. The zero-order valence-corrected chi connectivity index (χ0v) is 20.4. The van der Waals surface area contributed by atoms with Crippen molar-refractivity contribution in [2.45, 2.75) is 39.3 Å². The zero-order valence-electron chi connectivity index (χ0n) is 19.7. The van der Waals surface area contributed by atoms with Gasteiger partial charge in [-0.25, -0.2) is 4.98 Å². The van der Waals surface area contributed by atoms with Crippen LogP contribution in [0, 0.1) is 5.92 Å². The molecule has 2 unspecified atom stereocenters. The van der Waals surface area contributed by atoms with Crippen molar-refractivity contribution in [1.82, 2.24) is 19.2 Å². The van der Waals surface area contributed by atoms with Crippen molar-refractivity contribution in [2.75, 3.05) is 32.8 Å². The molecule has 0 spiro atoms. The Balaban J connectivity index is 1.69. The Bertz CT molecular complexity index is 1060. The smallest absolute Gasteiger partial charge is 0.272 e. The third kappa shape index (κ3) is 5.57. The lowest BCUT2D eigenvalue weighted by atomic mass is 9.89. The number of imidazole rings is 1. The number of pyridine rings is 1. The summed E-state index contributed by atoms with van der Waals surface area (Å²) in [7, 11) is 0. The van der Waals surface area contributed by atoms with Gasteiger partial charge in [-0.15, -0.1) is 0 Å². The van der Waals surface area contributed by atoms with E-state index < -0.39 is 0 Å². The van der Waals surface area contributed by atoms with E-state index in [1.54, 1.807) is 6.20 Å². The first-order valence-corrected chi connectivity index (χ1v) is 12.1. The van der Waals surface area contributed by atoms with Crippen molar-refractivity contribution in [2.24, 2.45) is 5.92 Å². The summed E-state index contributed by atoms with van der Waals surface area (Å²) in [5.41, 5.74) is 2.61. The van der Waals surface area contributed by atoms with Crippen LogP contribution in [-0.4, -0.2) is 64.1 Å². The highest BCUT2D eigenvalue weighted by molar-refractivity contribution is 6.30. The van der Waals surface area contributed by atoms with Crippen molar-refractivity contribution in [1.29, 1.82) is 0 Å². The molecule has 1 aliphatic heterocycles. The van der Waals surface area contributed by atoms with Gasteiger partial charge >= 0.3 is 0 Å². The number of morpholine rings is 1. The maximum absolute atomic E-state index is 14.0. The second-order valence-electron chi connectivity index (χ2n) is 9.18. The van der Waals surface area contributed by atoms with Crippen LogP contribution in [0.2, 0.25) is 5.02 Å². The standard InChI is InChI=1S/C26H33ClN4O2/c1-19(2)17-22(21-7-9-23(27)10-8-21)18-31(20(3)29-13-15-33-16-14-29)26(32)24-5-4-6-25-28-11-12-30(24)25/h4-12,19-20,22H,13-18H2,1-3H3. The van der Waals surface area contributed by atoms with Crippen LogP contribution in [0.15, 0.2) is 54.9 Å². The van der Waals surface area contributed by atoms with Crippen LogP contribution in [0.5, 0.6) is 0 Å². The quantitative estimate of drug-likeness (QED) is 0.470. The highest BCUT2D eigenvalue weighted by atomic mass is 35.5. The summed E-state index contributed by atoms with van der Waals surface area (Å²) in [5.74, 6) is 0.718. The number of aromatic nitrogens is 2. The summed E-state index contributed by atoms with van der Waals surface area (Å²) in [6.45, 7) is 10.2. The van der Waals surface area contributed by atoms with E-state index in [1.165, 1.54) is 5.56 Å². The molecule has 1 saturated heterocycles. The summed E-state index contributed by atoms with van der Waals surface area (Å²) in [5, 5.41) is 0.725. The van der Waals surface area contributed by atoms with Gasteiger partial charge in [0, 0.05) is 43.0 Å². The van der Waals surface area contributed by atoms with Gasteiger partial charge in [0.25, 0.3) is 5.91 Å². The van der Waals surface area contributed by atoms with Crippen LogP contribution in [0.4, 0.5) is 0 Å². The normalized spacial score (nSPS) is 16.8. The fourth-order valence-electron chi connectivity index (χ4n) is 4.68. The van der Waals surface area contributed by atoms with E-state index in [9.17, 15) is 4.79 Å². The van der Waals surface area contributed by atoms with E-state index in [0.717, 1.165) is 30.2 Å². The van der Waals surface area contributed by atoms with Crippen molar-refractivity contribution in [3.05, 3.63) is 71.1 Å². The van der Waals surface area contributed by atoms with E-state index in [-0.39, 0.29) is 18.0 Å². The van der Waals surface area contributed by atoms with Gasteiger partial charge in [-0.05, 0) is 49.1 Å². The molecule has 1 aliphatic rings. The molecule has 176 valence electrons. The first-order valence-electron chi connectivity index (χ1n) is 11.7. The second-order valence-corrected chi connectivity index (χ2v) is 9.62. The van der Waals surface area contributed by atoms with Gasteiger partial charge in [-0.3, -0.25) is 14.1 Å². The molecule has 1 aromatic carbocycles. The topological polar surface area (TPSA) is 50.1 Å². The molecule has 0 radical (unpaired) electrons. The van der Waals surface area contributed by atoms with E-state index in [2.05, 4.69) is 42.8 Å². The molecule has 3 heterocycles. The Morgan fingerprint density at radius 1 is 1.12 bits per heavy atom. The van der Waals surface area contributed by atoms with Crippen LogP contribution < -0.4 is 0 Å². The number of carbonyl (C=O) groups excluding carboxylic acids is 1. The highest BCUT2D eigenvalue weighted by Crippen LogP contribution is 2.28. The van der Waals surface area contributed by atoms with E-state index in [1.807, 2.05) is 45.8 Å². The number of fused-ring (bicyclic) bond motifs is 1. The molecule has 33 heavy (non-hydrogen) atoms. The van der Waals surface area contributed by atoms with Crippen LogP contribution in [-0.2, 0) is 4.74 Å². The predicted octanol–water partition coefficient (Wildman–Crippen LogP) is 4.94. The highest BCUT2D eigenvalue weighted by Gasteiger charge is 2.31. The number of amides is 1. The van der Waals surface area contributed by atoms with Crippen LogP contribution in [0.25, 0.3) is 5.65 Å². The Hall–Kier alpha value is -2.41. The SMILES string of the molecule is CC(C)CC(CN(C(=O)c1cccc2nccn12)C(C)N1CCOCC1)c1ccc(Cl)cc1. The number of carbonyl (C=O) groups is 1. The lowest BCUT2D eigenvalue weighted by molar-refractivity contribution is -0.0227. The molecule has 0 saturated carbocycles. The molecule has 1 amide bonds. The molecule has 0 bridgehead atoms. The summed E-state index contributed by atoms with van der Waals surface area (Å²) in [4.78, 5) is 22.8. The average Bonchev–Trinajstić information content (AvgIpc) is 3.31. The number of ether oxygens (including phenoxy) is 1. The van der Waals surface area contributed by atoms with E-state index in [0.29, 0.717) is 31.4 Å². The van der Waals surface area contributed by atoms with Gasteiger partial charge in [0.2, 0.25) is 0 Å². The maximum Gasteiger partial charge on any atom is 0.272 e. The first-order chi connectivity index (χ1) is 15.9. The summed E-state index contributed by atoms with van der Waals surface area (Å²) >= 11 is 6.16. The summed E-state index contributed by atoms with van der Waals surface area (Å²) in [6, 6.07) is 13.8. The molecule has 1 fully saturated rings. The van der Waals surface area contributed by atoms with Crippen LogP contribution in [0.3, 0.4) is 0 Å². The lowest BCUT2D eigenvalue weighted by Crippen LogP contribution is -2.54. The molecule has 7 heteroatoms. The van der Waals surface area contributed by atoms with Crippen molar-refractivity contribution >= 4 is 23.2 Å². The fraction of sp³-hybridized carbons (Fsp3) is 0.462. The minimum Gasteiger partial charge on any atom is -0.379 e. The number of benzene rings is 1. The largest absolute Gasteiger partial charge is 0.379 e. The Morgan fingerprint density at radius 3 is 2.55 bits per heavy atom. The minimum absolute atomic E-state index is 0.0142. The lowest BCUT2D eigenvalue weighted by Gasteiger charge is -2.41. The number of hydrogen-bond acceptors (Lipinski definition) is 4. The van der Waals surface area contributed by atoms with E-state index in [4.69, 9.17) is 16.3 Å². The number of halogens is 1. The van der Waals surface area contributed by atoms with Gasteiger partial charge in [0.1, 0.15) is 11.3 Å². The first kappa shape index (κ1) is 23.7. The van der Waals surface area contributed by atoms with E-state index >= 15 is 0 Å². The van der Waals surface area contributed by atoms with Gasteiger partial charge in [-0.2, -0.15) is 0 Å². The van der Waals surface area contributed by atoms with Crippen molar-refractivity contribution < 1.29 is 9.53 Å². The molecular weight excluding hydrogens is 436 g/mol. The second kappa shape index (κ2) is 10.7. The fourth-order valence-corrected chi connectivity index (χ4v) is 4.81. The van der Waals surface area contributed by atoms with Crippen molar-refractivity contribution in [3.63, 3.8) is 0 Å². The molecule has 0 aliphatic carbocycles. The molecule has 3 aromatic rings. The number of hydrogen-bond donors (Lipinski definition) is 0. The zero-order chi connectivity index (χ0) is 23.4. The number of nitrogens with zero attached hydrogens (tertiary/aromatic N) is 4. The predicted molar refractivity (Wildman–Crippen MR) is 132 cm³/mol. The minimum atomic E-state index is -0.0536. The van der Waals surface area contributed by atoms with Gasteiger partial charge in [-0.1, -0.05) is 43.6 Å². The monoisotopic (exact) mass is 468 g/mol. The molecular formula is C26H33ClN4O2. The molecule has 4 rings (SSSR count). The Labute approximate surface area is 201 Å². The number of rotatable bonds is 8. The molecule has 2 aromatic heterocycles. The summed E-state index contributed by atoms with van der Waals surface area (Å²) < 4.78 is 7.44. The van der Waals surface area contributed by atoms with Gasteiger partial charge in [0.15, 0.2) is 0 Å². The van der Waals surface area contributed by atoms with Gasteiger partial charge < -0.3 is 9.64 Å². The van der Waals surface area contributed by atoms with Crippen LogP contribution in [0.1, 0.15) is 49.2 Å². The summed E-state index contributed by atoms with van der Waals surface area (Å²) in [6.07, 6.45) is 4.51. The molecule has 2 atom stereocenters. The average molecular weight is 469 g/mol.